The van der Waals surface area contributed by atoms with Crippen molar-refractivity contribution in [2.75, 3.05) is 23.8 Å². The summed E-state index contributed by atoms with van der Waals surface area (Å²) in [4.78, 5) is 18.3. The van der Waals surface area contributed by atoms with Crippen molar-refractivity contribution in [2.24, 2.45) is 7.05 Å². The van der Waals surface area contributed by atoms with E-state index in [1.165, 1.54) is 0 Å². The van der Waals surface area contributed by atoms with Crippen molar-refractivity contribution in [1.82, 2.24) is 9.55 Å². The molecular weight excluding hydrogens is 328 g/mol. The molecule has 6 nitrogen and oxygen atoms in total. The van der Waals surface area contributed by atoms with Gasteiger partial charge in [-0.15, -0.1) is 0 Å². The second-order valence-electron chi connectivity index (χ2n) is 6.01. The maximum absolute atomic E-state index is 12.2. The smallest absolute Gasteiger partial charge is 0.243 e. The SMILES string of the molecule is CN(CC(=O)Nc1ccc(OCc2nccn2C)cc1)c1ccccc1. The van der Waals surface area contributed by atoms with Crippen LogP contribution in [-0.2, 0) is 18.4 Å². The summed E-state index contributed by atoms with van der Waals surface area (Å²) in [7, 11) is 3.82. The topological polar surface area (TPSA) is 59.4 Å². The highest BCUT2D eigenvalue weighted by atomic mass is 16.5. The van der Waals surface area contributed by atoms with Gasteiger partial charge in [0.05, 0.1) is 6.54 Å². The first-order chi connectivity index (χ1) is 12.6. The fourth-order valence-electron chi connectivity index (χ4n) is 2.51. The minimum atomic E-state index is -0.0713. The summed E-state index contributed by atoms with van der Waals surface area (Å²) in [5.74, 6) is 1.51. The van der Waals surface area contributed by atoms with Crippen LogP contribution in [0, 0.1) is 0 Å². The predicted octanol–water partition coefficient (Wildman–Crippen LogP) is 3.07. The van der Waals surface area contributed by atoms with Crippen molar-refractivity contribution >= 4 is 17.3 Å². The summed E-state index contributed by atoms with van der Waals surface area (Å²) in [5.41, 5.74) is 1.74. The highest BCUT2D eigenvalue weighted by molar-refractivity contribution is 5.94. The summed E-state index contributed by atoms with van der Waals surface area (Å²) in [6.45, 7) is 0.679. The van der Waals surface area contributed by atoms with E-state index >= 15 is 0 Å². The number of carbonyl (C=O) groups excluding carboxylic acids is 1. The molecule has 134 valence electrons. The summed E-state index contributed by atoms with van der Waals surface area (Å²) in [6.07, 6.45) is 3.62. The van der Waals surface area contributed by atoms with E-state index in [0.717, 1.165) is 22.9 Å². The van der Waals surface area contributed by atoms with Crippen LogP contribution >= 0.6 is 0 Å². The van der Waals surface area contributed by atoms with Gasteiger partial charge in [0.1, 0.15) is 18.2 Å². The van der Waals surface area contributed by atoms with Gasteiger partial charge in [0.2, 0.25) is 5.91 Å². The number of hydrogen-bond acceptors (Lipinski definition) is 4. The number of carbonyl (C=O) groups is 1. The van der Waals surface area contributed by atoms with E-state index in [9.17, 15) is 4.79 Å². The molecule has 0 bridgehead atoms. The molecule has 0 aliphatic carbocycles. The lowest BCUT2D eigenvalue weighted by molar-refractivity contribution is -0.114. The first kappa shape index (κ1) is 17.5. The van der Waals surface area contributed by atoms with Crippen LogP contribution in [-0.4, -0.2) is 29.1 Å². The van der Waals surface area contributed by atoms with Crippen LogP contribution in [0.4, 0.5) is 11.4 Å². The van der Waals surface area contributed by atoms with Gasteiger partial charge in [0.25, 0.3) is 0 Å². The Morgan fingerprint density at radius 2 is 1.88 bits per heavy atom. The van der Waals surface area contributed by atoms with Gasteiger partial charge in [-0.1, -0.05) is 18.2 Å². The number of rotatable bonds is 7. The lowest BCUT2D eigenvalue weighted by Crippen LogP contribution is -2.29. The van der Waals surface area contributed by atoms with Crippen LogP contribution in [0.15, 0.2) is 67.0 Å². The van der Waals surface area contributed by atoms with Crippen molar-refractivity contribution in [1.29, 1.82) is 0 Å². The third-order valence-corrected chi connectivity index (χ3v) is 4.00. The highest BCUT2D eigenvalue weighted by Crippen LogP contribution is 2.17. The minimum absolute atomic E-state index is 0.0713. The molecule has 0 aliphatic heterocycles. The molecule has 2 aromatic carbocycles. The fraction of sp³-hybridized carbons (Fsp3) is 0.200. The normalized spacial score (nSPS) is 10.4. The van der Waals surface area contributed by atoms with Gasteiger partial charge in [0.15, 0.2) is 0 Å². The van der Waals surface area contributed by atoms with Crippen LogP contribution in [0.25, 0.3) is 0 Å². The van der Waals surface area contributed by atoms with Crippen LogP contribution in [0.1, 0.15) is 5.82 Å². The third kappa shape index (κ3) is 4.63. The molecule has 0 fully saturated rings. The summed E-state index contributed by atoms with van der Waals surface area (Å²) in [5, 5.41) is 2.90. The molecule has 0 spiro atoms. The Labute approximate surface area is 153 Å². The molecule has 0 unspecified atom stereocenters. The summed E-state index contributed by atoms with van der Waals surface area (Å²) in [6, 6.07) is 17.1. The zero-order valence-corrected chi connectivity index (χ0v) is 14.9. The Balaban J connectivity index is 1.50. The average Bonchev–Trinajstić information content (AvgIpc) is 3.06. The lowest BCUT2D eigenvalue weighted by Gasteiger charge is -2.18. The number of nitrogens with one attached hydrogen (secondary N) is 1. The van der Waals surface area contributed by atoms with E-state index in [2.05, 4.69) is 10.3 Å². The highest BCUT2D eigenvalue weighted by Gasteiger charge is 2.08. The van der Waals surface area contributed by atoms with Crippen LogP contribution in [0.2, 0.25) is 0 Å². The number of para-hydroxylation sites is 1. The first-order valence-corrected chi connectivity index (χ1v) is 8.37. The second kappa shape index (κ2) is 8.20. The summed E-state index contributed by atoms with van der Waals surface area (Å²) < 4.78 is 7.62. The van der Waals surface area contributed by atoms with Crippen LogP contribution in [0.3, 0.4) is 0 Å². The van der Waals surface area contributed by atoms with Crippen molar-refractivity contribution in [3.8, 4) is 5.75 Å². The van der Waals surface area contributed by atoms with E-state index in [4.69, 9.17) is 4.74 Å². The molecule has 6 heteroatoms. The maximum Gasteiger partial charge on any atom is 0.243 e. The Hall–Kier alpha value is -3.28. The molecule has 1 N–H and O–H groups in total. The van der Waals surface area contributed by atoms with Gasteiger partial charge < -0.3 is 19.5 Å². The van der Waals surface area contributed by atoms with Gasteiger partial charge >= 0.3 is 0 Å². The monoisotopic (exact) mass is 350 g/mol. The van der Waals surface area contributed by atoms with E-state index < -0.39 is 0 Å². The number of anilines is 2. The standard InChI is InChI=1S/C20H22N4O2/c1-23-13-12-21-19(23)15-26-18-10-8-16(9-11-18)22-20(25)14-24(2)17-6-4-3-5-7-17/h3-13H,14-15H2,1-2H3,(H,22,25). The molecular formula is C20H22N4O2. The predicted molar refractivity (Wildman–Crippen MR) is 102 cm³/mol. The van der Waals surface area contributed by atoms with E-state index in [0.29, 0.717) is 6.61 Å². The maximum atomic E-state index is 12.2. The quantitative estimate of drug-likeness (QED) is 0.711. The Bertz CT molecular complexity index is 844. The van der Waals surface area contributed by atoms with Crippen LogP contribution < -0.4 is 15.0 Å². The molecule has 1 aromatic heterocycles. The number of aryl methyl sites for hydroxylation is 1. The molecule has 0 saturated heterocycles. The number of ether oxygens (including phenoxy) is 1. The van der Waals surface area contributed by atoms with Crippen molar-refractivity contribution in [3.05, 3.63) is 72.8 Å². The number of nitrogens with zero attached hydrogens (tertiary/aromatic N) is 3. The molecule has 0 atom stereocenters. The fourth-order valence-corrected chi connectivity index (χ4v) is 2.51. The molecule has 3 aromatic rings. The molecule has 0 radical (unpaired) electrons. The number of amides is 1. The molecule has 3 rings (SSSR count). The third-order valence-electron chi connectivity index (χ3n) is 4.00. The largest absolute Gasteiger partial charge is 0.486 e. The Morgan fingerprint density at radius 3 is 2.54 bits per heavy atom. The number of benzene rings is 2. The minimum Gasteiger partial charge on any atom is -0.486 e. The van der Waals surface area contributed by atoms with Gasteiger partial charge in [-0.05, 0) is 36.4 Å². The van der Waals surface area contributed by atoms with E-state index in [-0.39, 0.29) is 12.5 Å². The Morgan fingerprint density at radius 1 is 1.15 bits per heavy atom. The van der Waals surface area contributed by atoms with Gasteiger partial charge in [-0.3, -0.25) is 4.79 Å². The number of aromatic nitrogens is 2. The van der Waals surface area contributed by atoms with Crippen molar-refractivity contribution < 1.29 is 9.53 Å². The zero-order chi connectivity index (χ0) is 18.4. The van der Waals surface area contributed by atoms with Gasteiger partial charge in [0, 0.05) is 37.9 Å². The molecule has 0 aliphatic rings. The first-order valence-electron chi connectivity index (χ1n) is 8.37. The average molecular weight is 350 g/mol. The zero-order valence-electron chi connectivity index (χ0n) is 14.9. The second-order valence-corrected chi connectivity index (χ2v) is 6.01. The van der Waals surface area contributed by atoms with Crippen LogP contribution in [0.5, 0.6) is 5.75 Å². The molecule has 1 heterocycles. The Kier molecular flexibility index (Phi) is 5.53. The number of hydrogen-bond donors (Lipinski definition) is 1. The molecule has 1 amide bonds. The molecule has 26 heavy (non-hydrogen) atoms. The van der Waals surface area contributed by atoms with Crippen molar-refractivity contribution in [2.45, 2.75) is 6.61 Å². The van der Waals surface area contributed by atoms with E-state index in [1.54, 1.807) is 6.20 Å². The van der Waals surface area contributed by atoms with Gasteiger partial charge in [-0.25, -0.2) is 4.98 Å². The van der Waals surface area contributed by atoms with E-state index in [1.807, 2.05) is 84.4 Å². The summed E-state index contributed by atoms with van der Waals surface area (Å²) >= 11 is 0. The molecule has 0 saturated carbocycles. The number of imidazole rings is 1. The number of likely N-dealkylation sites (N-methyl/N-ethyl adjacent to an activating group) is 1. The van der Waals surface area contributed by atoms with Gasteiger partial charge in [-0.2, -0.15) is 0 Å². The lowest BCUT2D eigenvalue weighted by atomic mass is 10.3. The van der Waals surface area contributed by atoms with Crippen molar-refractivity contribution in [3.63, 3.8) is 0 Å².